The summed E-state index contributed by atoms with van der Waals surface area (Å²) >= 11 is 0. The topological polar surface area (TPSA) is 72.4 Å². The maximum absolute atomic E-state index is 11.7. The van der Waals surface area contributed by atoms with Crippen molar-refractivity contribution in [3.8, 4) is 0 Å². The van der Waals surface area contributed by atoms with Crippen molar-refractivity contribution in [2.24, 2.45) is 5.73 Å². The van der Waals surface area contributed by atoms with Crippen molar-refractivity contribution in [3.05, 3.63) is 18.0 Å². The predicted molar refractivity (Wildman–Crippen MR) is 51.7 cm³/mol. The molecule has 0 fully saturated rings. The van der Waals surface area contributed by atoms with Crippen molar-refractivity contribution >= 4 is 5.91 Å². The van der Waals surface area contributed by atoms with Crippen molar-refractivity contribution in [2.75, 3.05) is 13.6 Å². The zero-order chi connectivity index (χ0) is 10.8. The van der Waals surface area contributed by atoms with Crippen molar-refractivity contribution in [1.29, 1.82) is 0 Å². The van der Waals surface area contributed by atoms with Gasteiger partial charge in [0.25, 0.3) is 5.91 Å². The average Bonchev–Trinajstić information content (AvgIpc) is 2.68. The first-order chi connectivity index (χ1) is 6.49. The summed E-state index contributed by atoms with van der Waals surface area (Å²) in [5.41, 5.74) is 5.17. The summed E-state index contributed by atoms with van der Waals surface area (Å²) in [7, 11) is 1.69. The predicted octanol–water partition coefficient (Wildman–Crippen LogP) is 0.484. The van der Waals surface area contributed by atoms with E-state index < -0.39 is 0 Å². The van der Waals surface area contributed by atoms with Crippen molar-refractivity contribution < 1.29 is 9.32 Å². The lowest BCUT2D eigenvalue weighted by atomic mass is 10.0. The molecule has 14 heavy (non-hydrogen) atoms. The molecule has 1 rings (SSSR count). The van der Waals surface area contributed by atoms with Gasteiger partial charge in [0.05, 0.1) is 6.20 Å². The third-order valence-corrected chi connectivity index (χ3v) is 2.36. The van der Waals surface area contributed by atoms with E-state index in [-0.39, 0.29) is 17.2 Å². The van der Waals surface area contributed by atoms with Gasteiger partial charge in [0.2, 0.25) is 5.76 Å². The summed E-state index contributed by atoms with van der Waals surface area (Å²) in [5, 5.41) is 3.48. The molecule has 5 heteroatoms. The number of likely N-dealkylation sites (N-methyl/N-ethyl adjacent to an activating group) is 1. The number of nitrogens with two attached hydrogens (primary N) is 1. The van der Waals surface area contributed by atoms with Gasteiger partial charge in [-0.25, -0.2) is 0 Å². The second-order valence-electron chi connectivity index (χ2n) is 3.76. The number of hydrogen-bond donors (Lipinski definition) is 1. The van der Waals surface area contributed by atoms with Gasteiger partial charge in [-0.05, 0) is 13.8 Å². The minimum Gasteiger partial charge on any atom is -0.351 e. The molecule has 0 radical (unpaired) electrons. The van der Waals surface area contributed by atoms with Gasteiger partial charge in [-0.1, -0.05) is 5.16 Å². The van der Waals surface area contributed by atoms with Gasteiger partial charge >= 0.3 is 0 Å². The van der Waals surface area contributed by atoms with Crippen LogP contribution in [0.15, 0.2) is 16.8 Å². The molecule has 78 valence electrons. The van der Waals surface area contributed by atoms with E-state index in [4.69, 9.17) is 10.3 Å². The summed E-state index contributed by atoms with van der Waals surface area (Å²) < 4.78 is 4.77. The molecule has 0 aliphatic carbocycles. The van der Waals surface area contributed by atoms with E-state index in [1.54, 1.807) is 11.9 Å². The van der Waals surface area contributed by atoms with Crippen LogP contribution >= 0.6 is 0 Å². The normalized spacial score (nSPS) is 11.4. The number of amides is 1. The van der Waals surface area contributed by atoms with Gasteiger partial charge in [0.1, 0.15) is 0 Å². The number of carbonyl (C=O) groups excluding carboxylic acids is 1. The quantitative estimate of drug-likeness (QED) is 0.765. The molecule has 1 heterocycles. The lowest BCUT2D eigenvalue weighted by Crippen LogP contribution is -2.49. The van der Waals surface area contributed by atoms with Gasteiger partial charge in [-0.15, -0.1) is 0 Å². The maximum atomic E-state index is 11.7. The van der Waals surface area contributed by atoms with E-state index in [1.165, 1.54) is 12.3 Å². The molecule has 1 aromatic heterocycles. The minimum absolute atomic E-state index is 0.210. The number of nitrogens with zero attached hydrogens (tertiary/aromatic N) is 2. The fraction of sp³-hybridized carbons (Fsp3) is 0.556. The zero-order valence-corrected chi connectivity index (χ0v) is 8.65. The Hall–Kier alpha value is -1.36. The lowest BCUT2D eigenvalue weighted by molar-refractivity contribution is 0.0598. The summed E-state index contributed by atoms with van der Waals surface area (Å²) in [6.07, 6.45) is 1.44. The minimum atomic E-state index is -0.385. The molecule has 0 aromatic carbocycles. The number of rotatable bonds is 3. The van der Waals surface area contributed by atoms with E-state index in [1.807, 2.05) is 13.8 Å². The Morgan fingerprint density at radius 3 is 2.79 bits per heavy atom. The van der Waals surface area contributed by atoms with Crippen LogP contribution in [0.5, 0.6) is 0 Å². The maximum Gasteiger partial charge on any atom is 0.292 e. The molecule has 0 aliphatic heterocycles. The smallest absolute Gasteiger partial charge is 0.292 e. The molecule has 0 aliphatic rings. The first kappa shape index (κ1) is 10.7. The lowest BCUT2D eigenvalue weighted by Gasteiger charge is -2.33. The van der Waals surface area contributed by atoms with Crippen LogP contribution in [0.25, 0.3) is 0 Å². The Morgan fingerprint density at radius 2 is 2.36 bits per heavy atom. The Bertz CT molecular complexity index is 306. The Kier molecular flexibility index (Phi) is 2.90. The molecular formula is C9H15N3O2. The average molecular weight is 197 g/mol. The van der Waals surface area contributed by atoms with Crippen LogP contribution in [0.4, 0.5) is 0 Å². The summed E-state index contributed by atoms with van der Waals surface area (Å²) in [6, 6.07) is 1.53. The second kappa shape index (κ2) is 3.79. The van der Waals surface area contributed by atoms with Gasteiger partial charge < -0.3 is 15.2 Å². The SMILES string of the molecule is CN(C(=O)c1ccno1)C(C)(C)CN. The highest BCUT2D eigenvalue weighted by Crippen LogP contribution is 2.13. The van der Waals surface area contributed by atoms with Crippen LogP contribution in [0.3, 0.4) is 0 Å². The van der Waals surface area contributed by atoms with Crippen molar-refractivity contribution in [2.45, 2.75) is 19.4 Å². The highest BCUT2D eigenvalue weighted by atomic mass is 16.5. The third-order valence-electron chi connectivity index (χ3n) is 2.36. The Balaban J connectivity index is 2.81. The molecule has 5 nitrogen and oxygen atoms in total. The summed E-state index contributed by atoms with van der Waals surface area (Å²) in [6.45, 7) is 4.17. The third kappa shape index (κ3) is 1.93. The van der Waals surface area contributed by atoms with E-state index in [2.05, 4.69) is 5.16 Å². The van der Waals surface area contributed by atoms with Gasteiger partial charge in [0, 0.05) is 25.2 Å². The summed E-state index contributed by atoms with van der Waals surface area (Å²) in [5.74, 6) is 0.0203. The van der Waals surface area contributed by atoms with Crippen LogP contribution in [-0.4, -0.2) is 35.1 Å². The monoisotopic (exact) mass is 197 g/mol. The second-order valence-corrected chi connectivity index (χ2v) is 3.76. The first-order valence-electron chi connectivity index (χ1n) is 4.38. The number of hydrogen-bond acceptors (Lipinski definition) is 4. The van der Waals surface area contributed by atoms with E-state index in [0.717, 1.165) is 0 Å². The molecule has 1 aromatic rings. The fourth-order valence-electron chi connectivity index (χ4n) is 0.903. The van der Waals surface area contributed by atoms with E-state index >= 15 is 0 Å². The largest absolute Gasteiger partial charge is 0.351 e. The number of aromatic nitrogens is 1. The number of carbonyl (C=O) groups is 1. The Morgan fingerprint density at radius 1 is 1.71 bits per heavy atom. The van der Waals surface area contributed by atoms with E-state index in [0.29, 0.717) is 6.54 Å². The zero-order valence-electron chi connectivity index (χ0n) is 8.65. The highest BCUT2D eigenvalue weighted by Gasteiger charge is 2.28. The Labute approximate surface area is 82.8 Å². The molecule has 0 saturated carbocycles. The van der Waals surface area contributed by atoms with Crippen LogP contribution in [0, 0.1) is 0 Å². The van der Waals surface area contributed by atoms with E-state index in [9.17, 15) is 4.79 Å². The molecule has 1 amide bonds. The van der Waals surface area contributed by atoms with Crippen LogP contribution < -0.4 is 5.73 Å². The first-order valence-corrected chi connectivity index (χ1v) is 4.38. The molecule has 2 N–H and O–H groups in total. The van der Waals surface area contributed by atoms with Gasteiger partial charge in [0.15, 0.2) is 0 Å². The summed E-state index contributed by atoms with van der Waals surface area (Å²) in [4.78, 5) is 13.3. The highest BCUT2D eigenvalue weighted by molar-refractivity contribution is 5.91. The fourth-order valence-corrected chi connectivity index (χ4v) is 0.903. The van der Waals surface area contributed by atoms with Crippen molar-refractivity contribution in [3.63, 3.8) is 0 Å². The molecule has 0 bridgehead atoms. The van der Waals surface area contributed by atoms with Gasteiger partial charge in [-0.2, -0.15) is 0 Å². The standard InChI is InChI=1S/C9H15N3O2/c1-9(2,6-10)12(3)8(13)7-4-5-11-14-7/h4-5H,6,10H2,1-3H3. The van der Waals surface area contributed by atoms with Crippen LogP contribution in [0.2, 0.25) is 0 Å². The molecule has 0 unspecified atom stereocenters. The molecule has 0 saturated heterocycles. The van der Waals surface area contributed by atoms with Crippen molar-refractivity contribution in [1.82, 2.24) is 10.1 Å². The van der Waals surface area contributed by atoms with Gasteiger partial charge in [-0.3, -0.25) is 4.79 Å². The van der Waals surface area contributed by atoms with Crippen LogP contribution in [-0.2, 0) is 0 Å². The molecule has 0 spiro atoms. The molecular weight excluding hydrogens is 182 g/mol. The van der Waals surface area contributed by atoms with Crippen LogP contribution in [0.1, 0.15) is 24.4 Å². The molecule has 0 atom stereocenters.